The van der Waals surface area contributed by atoms with Crippen molar-refractivity contribution in [2.24, 2.45) is 0 Å². The van der Waals surface area contributed by atoms with Crippen molar-refractivity contribution in [2.75, 3.05) is 18.0 Å². The third kappa shape index (κ3) is 4.19. The zero-order valence-corrected chi connectivity index (χ0v) is 14.9. The van der Waals surface area contributed by atoms with Gasteiger partial charge in [0.15, 0.2) is 5.78 Å². The van der Waals surface area contributed by atoms with Gasteiger partial charge in [-0.2, -0.15) is 0 Å². The molecule has 2 aromatic rings. The highest BCUT2D eigenvalue weighted by Crippen LogP contribution is 2.23. The molecule has 1 saturated heterocycles. The molecule has 1 fully saturated rings. The molecule has 0 atom stereocenters. The molecule has 0 aliphatic carbocycles. The number of hydrogen-bond acceptors (Lipinski definition) is 2. The van der Waals surface area contributed by atoms with Gasteiger partial charge in [-0.25, -0.2) is 0 Å². The van der Waals surface area contributed by atoms with Crippen molar-refractivity contribution >= 4 is 40.7 Å². The molecule has 0 bridgehead atoms. The predicted molar refractivity (Wildman–Crippen MR) is 102 cm³/mol. The number of halogens is 2. The first-order valence-electron chi connectivity index (χ1n) is 8.16. The van der Waals surface area contributed by atoms with Crippen LogP contribution in [0.4, 0.5) is 5.69 Å². The molecule has 0 amide bonds. The van der Waals surface area contributed by atoms with Crippen molar-refractivity contribution in [3.63, 3.8) is 0 Å². The number of piperidine rings is 1. The van der Waals surface area contributed by atoms with Crippen LogP contribution in [0.25, 0.3) is 6.08 Å². The summed E-state index contributed by atoms with van der Waals surface area (Å²) >= 11 is 12.0. The second kappa shape index (κ2) is 7.87. The molecule has 2 aromatic carbocycles. The smallest absolute Gasteiger partial charge is 0.185 e. The lowest BCUT2D eigenvalue weighted by Gasteiger charge is -2.28. The van der Waals surface area contributed by atoms with Crippen LogP contribution >= 0.6 is 23.2 Å². The molecule has 0 aromatic heterocycles. The Hall–Kier alpha value is -1.77. The van der Waals surface area contributed by atoms with Crippen molar-refractivity contribution in [3.8, 4) is 0 Å². The maximum absolute atomic E-state index is 12.3. The Morgan fingerprint density at radius 2 is 1.67 bits per heavy atom. The van der Waals surface area contributed by atoms with Gasteiger partial charge in [0.05, 0.1) is 0 Å². The summed E-state index contributed by atoms with van der Waals surface area (Å²) < 4.78 is 0. The summed E-state index contributed by atoms with van der Waals surface area (Å²) in [5.41, 5.74) is 2.65. The number of nitrogens with zero attached hydrogens (tertiary/aromatic N) is 1. The minimum atomic E-state index is -0.0359. The molecule has 24 heavy (non-hydrogen) atoms. The van der Waals surface area contributed by atoms with Crippen molar-refractivity contribution in [1.82, 2.24) is 0 Å². The highest BCUT2D eigenvalue weighted by atomic mass is 35.5. The van der Waals surface area contributed by atoms with Gasteiger partial charge in [-0.3, -0.25) is 4.79 Å². The minimum absolute atomic E-state index is 0.0359. The van der Waals surface area contributed by atoms with Gasteiger partial charge in [0.25, 0.3) is 0 Å². The normalized spacial score (nSPS) is 15.0. The Kier molecular flexibility index (Phi) is 5.60. The molecule has 0 radical (unpaired) electrons. The summed E-state index contributed by atoms with van der Waals surface area (Å²) in [5.74, 6) is -0.0359. The SMILES string of the molecule is O=C(/C=C/c1ccc(Cl)cc1Cl)c1ccc(N2CCCCC2)cc1. The van der Waals surface area contributed by atoms with Crippen LogP contribution in [0.1, 0.15) is 35.2 Å². The molecule has 1 aliphatic rings. The topological polar surface area (TPSA) is 20.3 Å². The van der Waals surface area contributed by atoms with Crippen LogP contribution in [0.5, 0.6) is 0 Å². The lowest BCUT2D eigenvalue weighted by atomic mass is 10.1. The summed E-state index contributed by atoms with van der Waals surface area (Å²) in [6, 6.07) is 13.1. The van der Waals surface area contributed by atoms with Gasteiger partial charge < -0.3 is 4.90 Å². The average molecular weight is 360 g/mol. The maximum atomic E-state index is 12.3. The summed E-state index contributed by atoms with van der Waals surface area (Å²) in [5, 5.41) is 1.11. The first-order valence-corrected chi connectivity index (χ1v) is 8.91. The molecule has 0 spiro atoms. The van der Waals surface area contributed by atoms with Gasteiger partial charge in [0.1, 0.15) is 0 Å². The maximum Gasteiger partial charge on any atom is 0.185 e. The highest BCUT2D eigenvalue weighted by molar-refractivity contribution is 6.35. The van der Waals surface area contributed by atoms with Crippen LogP contribution in [0, 0.1) is 0 Å². The van der Waals surface area contributed by atoms with Crippen molar-refractivity contribution in [1.29, 1.82) is 0 Å². The van der Waals surface area contributed by atoms with E-state index in [1.54, 1.807) is 30.4 Å². The first kappa shape index (κ1) is 17.1. The van der Waals surface area contributed by atoms with Crippen LogP contribution in [-0.4, -0.2) is 18.9 Å². The van der Waals surface area contributed by atoms with Gasteiger partial charge in [-0.1, -0.05) is 29.3 Å². The van der Waals surface area contributed by atoms with E-state index in [0.29, 0.717) is 15.6 Å². The number of ketones is 1. The van der Waals surface area contributed by atoms with Crippen molar-refractivity contribution in [2.45, 2.75) is 19.3 Å². The quantitative estimate of drug-likeness (QED) is 0.501. The highest BCUT2D eigenvalue weighted by Gasteiger charge is 2.11. The number of carbonyl (C=O) groups is 1. The van der Waals surface area contributed by atoms with Gasteiger partial charge in [-0.05, 0) is 73.4 Å². The van der Waals surface area contributed by atoms with Crippen LogP contribution in [0.3, 0.4) is 0 Å². The number of carbonyl (C=O) groups excluding carboxylic acids is 1. The summed E-state index contributed by atoms with van der Waals surface area (Å²) in [4.78, 5) is 14.7. The van der Waals surface area contributed by atoms with E-state index in [-0.39, 0.29) is 5.78 Å². The zero-order chi connectivity index (χ0) is 16.9. The fraction of sp³-hybridized carbons (Fsp3) is 0.250. The molecule has 124 valence electrons. The number of anilines is 1. The van der Waals surface area contributed by atoms with E-state index in [1.165, 1.54) is 24.9 Å². The Morgan fingerprint density at radius 3 is 2.33 bits per heavy atom. The Bertz CT molecular complexity index is 747. The molecule has 0 saturated carbocycles. The Labute approximate surface area is 152 Å². The van der Waals surface area contributed by atoms with Crippen molar-refractivity contribution < 1.29 is 4.79 Å². The molecule has 1 aliphatic heterocycles. The number of allylic oxidation sites excluding steroid dienone is 1. The molecule has 2 nitrogen and oxygen atoms in total. The molecule has 1 heterocycles. The van der Waals surface area contributed by atoms with Gasteiger partial charge >= 0.3 is 0 Å². The third-order valence-electron chi connectivity index (χ3n) is 4.25. The lowest BCUT2D eigenvalue weighted by Crippen LogP contribution is -2.29. The van der Waals surface area contributed by atoms with E-state index >= 15 is 0 Å². The van der Waals surface area contributed by atoms with E-state index in [1.807, 2.05) is 24.3 Å². The number of benzene rings is 2. The Balaban J connectivity index is 1.69. The second-order valence-corrected chi connectivity index (χ2v) is 6.80. The molecule has 0 N–H and O–H groups in total. The second-order valence-electron chi connectivity index (χ2n) is 5.96. The summed E-state index contributed by atoms with van der Waals surface area (Å²) in [6.07, 6.45) is 7.06. The van der Waals surface area contributed by atoms with Crippen LogP contribution < -0.4 is 4.90 Å². The Morgan fingerprint density at radius 1 is 0.958 bits per heavy atom. The van der Waals surface area contributed by atoms with Crippen LogP contribution in [0.15, 0.2) is 48.5 Å². The third-order valence-corrected chi connectivity index (χ3v) is 4.81. The number of hydrogen-bond donors (Lipinski definition) is 0. The molecule has 3 rings (SSSR count). The molecular formula is C20H19Cl2NO. The van der Waals surface area contributed by atoms with Gasteiger partial charge in [0, 0.05) is 34.4 Å². The largest absolute Gasteiger partial charge is 0.372 e. The van der Waals surface area contributed by atoms with Crippen LogP contribution in [-0.2, 0) is 0 Å². The number of rotatable bonds is 4. The fourth-order valence-corrected chi connectivity index (χ4v) is 3.36. The zero-order valence-electron chi connectivity index (χ0n) is 13.3. The lowest BCUT2D eigenvalue weighted by molar-refractivity contribution is 0.104. The van der Waals surface area contributed by atoms with Gasteiger partial charge in [0.2, 0.25) is 0 Å². The fourth-order valence-electron chi connectivity index (χ4n) is 2.89. The minimum Gasteiger partial charge on any atom is -0.372 e. The predicted octanol–water partition coefficient (Wildman–Crippen LogP) is 5.88. The van der Waals surface area contributed by atoms with Gasteiger partial charge in [-0.15, -0.1) is 0 Å². The van der Waals surface area contributed by atoms with E-state index in [9.17, 15) is 4.79 Å². The average Bonchev–Trinajstić information content (AvgIpc) is 2.62. The van der Waals surface area contributed by atoms with E-state index in [4.69, 9.17) is 23.2 Å². The molecule has 0 unspecified atom stereocenters. The van der Waals surface area contributed by atoms with E-state index in [0.717, 1.165) is 18.7 Å². The van der Waals surface area contributed by atoms with E-state index in [2.05, 4.69) is 4.90 Å². The van der Waals surface area contributed by atoms with Crippen LogP contribution in [0.2, 0.25) is 10.0 Å². The molecule has 4 heteroatoms. The molecular weight excluding hydrogens is 341 g/mol. The van der Waals surface area contributed by atoms with E-state index < -0.39 is 0 Å². The van der Waals surface area contributed by atoms with Crippen molar-refractivity contribution in [3.05, 3.63) is 69.7 Å². The first-order chi connectivity index (χ1) is 11.6. The summed E-state index contributed by atoms with van der Waals surface area (Å²) in [6.45, 7) is 2.20. The standard InChI is InChI=1S/C20H19Cl2NO/c21-17-8-4-15(19(22)14-17)7-11-20(24)16-5-9-18(10-6-16)23-12-2-1-3-13-23/h4-11,14H,1-3,12-13H2/b11-7+. The summed E-state index contributed by atoms with van der Waals surface area (Å²) in [7, 11) is 0. The monoisotopic (exact) mass is 359 g/mol.